The highest BCUT2D eigenvalue weighted by molar-refractivity contribution is 5.46. The predicted molar refractivity (Wildman–Crippen MR) is 96.6 cm³/mol. The molecule has 6 heteroatoms. The van der Waals surface area contributed by atoms with Crippen molar-refractivity contribution in [3.63, 3.8) is 0 Å². The van der Waals surface area contributed by atoms with Gasteiger partial charge in [0.25, 0.3) is 0 Å². The molecule has 2 saturated heterocycles. The standard InChI is InChI=1S/C18H31N5O/c1-3-16-14-20-15(2)21-18(16)23-7-4-17(5-8-23)19-6-9-22-10-12-24-13-11-22/h14,17,19H,3-13H2,1-2H3. The number of aryl methyl sites for hydroxylation is 2. The average molecular weight is 333 g/mol. The largest absolute Gasteiger partial charge is 0.379 e. The van der Waals surface area contributed by atoms with Gasteiger partial charge < -0.3 is 15.0 Å². The first kappa shape index (κ1) is 17.6. The fraction of sp³-hybridized carbons (Fsp3) is 0.778. The van der Waals surface area contributed by atoms with Crippen LogP contribution in [0, 0.1) is 6.92 Å². The van der Waals surface area contributed by atoms with E-state index in [0.29, 0.717) is 6.04 Å². The van der Waals surface area contributed by atoms with Crippen LogP contribution in [-0.2, 0) is 11.2 Å². The fourth-order valence-corrected chi connectivity index (χ4v) is 3.55. The minimum absolute atomic E-state index is 0.635. The zero-order valence-electron chi connectivity index (χ0n) is 15.1. The molecule has 134 valence electrons. The van der Waals surface area contributed by atoms with Crippen LogP contribution >= 0.6 is 0 Å². The molecule has 3 heterocycles. The Morgan fingerprint density at radius 2 is 1.96 bits per heavy atom. The van der Waals surface area contributed by atoms with Crippen molar-refractivity contribution in [2.75, 3.05) is 57.4 Å². The van der Waals surface area contributed by atoms with Gasteiger partial charge in [0.05, 0.1) is 13.2 Å². The number of rotatable bonds is 6. The summed E-state index contributed by atoms with van der Waals surface area (Å²) in [4.78, 5) is 14.0. The van der Waals surface area contributed by atoms with E-state index in [1.165, 1.54) is 18.4 Å². The molecular formula is C18H31N5O. The van der Waals surface area contributed by atoms with Gasteiger partial charge in [-0.1, -0.05) is 6.92 Å². The Morgan fingerprint density at radius 3 is 2.67 bits per heavy atom. The molecule has 24 heavy (non-hydrogen) atoms. The van der Waals surface area contributed by atoms with Crippen LogP contribution in [-0.4, -0.2) is 73.4 Å². The molecule has 0 bridgehead atoms. The SMILES string of the molecule is CCc1cnc(C)nc1N1CCC(NCCN2CCOCC2)CC1. The van der Waals surface area contributed by atoms with E-state index in [0.717, 1.165) is 70.5 Å². The van der Waals surface area contributed by atoms with Crippen molar-refractivity contribution in [1.29, 1.82) is 0 Å². The van der Waals surface area contributed by atoms with Gasteiger partial charge in [0.1, 0.15) is 11.6 Å². The van der Waals surface area contributed by atoms with Crippen molar-refractivity contribution in [1.82, 2.24) is 20.2 Å². The minimum Gasteiger partial charge on any atom is -0.379 e. The molecule has 1 aromatic rings. The number of anilines is 1. The lowest BCUT2D eigenvalue weighted by atomic mass is 10.0. The molecule has 0 radical (unpaired) electrons. The first-order valence-corrected chi connectivity index (χ1v) is 9.37. The third-order valence-electron chi connectivity index (χ3n) is 5.10. The summed E-state index contributed by atoms with van der Waals surface area (Å²) in [5.41, 5.74) is 1.26. The van der Waals surface area contributed by atoms with Crippen LogP contribution < -0.4 is 10.2 Å². The monoisotopic (exact) mass is 333 g/mol. The normalized spacial score (nSPS) is 20.5. The smallest absolute Gasteiger partial charge is 0.135 e. The summed E-state index contributed by atoms with van der Waals surface area (Å²) in [6, 6.07) is 0.635. The molecule has 0 aromatic carbocycles. The second-order valence-corrected chi connectivity index (χ2v) is 6.79. The number of nitrogens with one attached hydrogen (secondary N) is 1. The second kappa shape index (κ2) is 8.74. The number of morpholine rings is 1. The lowest BCUT2D eigenvalue weighted by Gasteiger charge is -2.35. The first-order chi connectivity index (χ1) is 11.8. The molecule has 2 aliphatic rings. The van der Waals surface area contributed by atoms with Gasteiger partial charge in [-0.15, -0.1) is 0 Å². The summed E-state index contributed by atoms with van der Waals surface area (Å²) in [6.07, 6.45) is 5.36. The summed E-state index contributed by atoms with van der Waals surface area (Å²) in [5, 5.41) is 3.74. The van der Waals surface area contributed by atoms with Gasteiger partial charge in [-0.3, -0.25) is 4.90 Å². The molecular weight excluding hydrogens is 302 g/mol. The Morgan fingerprint density at radius 1 is 1.21 bits per heavy atom. The molecule has 0 aliphatic carbocycles. The highest BCUT2D eigenvalue weighted by Crippen LogP contribution is 2.22. The third kappa shape index (κ3) is 4.65. The van der Waals surface area contributed by atoms with E-state index in [2.05, 4.69) is 27.0 Å². The van der Waals surface area contributed by atoms with Crippen LogP contribution in [0.2, 0.25) is 0 Å². The number of nitrogens with zero attached hydrogens (tertiary/aromatic N) is 4. The van der Waals surface area contributed by atoms with Crippen molar-refractivity contribution in [2.24, 2.45) is 0 Å². The first-order valence-electron chi connectivity index (χ1n) is 9.37. The highest BCUT2D eigenvalue weighted by atomic mass is 16.5. The number of piperidine rings is 1. The van der Waals surface area contributed by atoms with Crippen molar-refractivity contribution in [3.05, 3.63) is 17.6 Å². The summed E-state index contributed by atoms with van der Waals surface area (Å²) in [6.45, 7) is 12.5. The molecule has 0 saturated carbocycles. The molecule has 3 rings (SSSR count). The fourth-order valence-electron chi connectivity index (χ4n) is 3.55. The van der Waals surface area contributed by atoms with Crippen molar-refractivity contribution in [3.8, 4) is 0 Å². The van der Waals surface area contributed by atoms with Crippen LogP contribution in [0.5, 0.6) is 0 Å². The van der Waals surface area contributed by atoms with Gasteiger partial charge in [-0.25, -0.2) is 9.97 Å². The number of hydrogen-bond donors (Lipinski definition) is 1. The summed E-state index contributed by atoms with van der Waals surface area (Å²) >= 11 is 0. The predicted octanol–water partition coefficient (Wildman–Crippen LogP) is 1.24. The van der Waals surface area contributed by atoms with E-state index in [4.69, 9.17) is 9.72 Å². The molecule has 2 aliphatic heterocycles. The number of aromatic nitrogens is 2. The molecule has 2 fully saturated rings. The molecule has 0 atom stereocenters. The van der Waals surface area contributed by atoms with E-state index >= 15 is 0 Å². The Balaban J connectivity index is 1.43. The van der Waals surface area contributed by atoms with Gasteiger partial charge in [-0.2, -0.15) is 0 Å². The van der Waals surface area contributed by atoms with E-state index in [9.17, 15) is 0 Å². The summed E-state index contributed by atoms with van der Waals surface area (Å²) in [7, 11) is 0. The maximum absolute atomic E-state index is 5.40. The summed E-state index contributed by atoms with van der Waals surface area (Å²) < 4.78 is 5.40. The quantitative estimate of drug-likeness (QED) is 0.845. The van der Waals surface area contributed by atoms with Gasteiger partial charge in [0.15, 0.2) is 0 Å². The number of hydrogen-bond acceptors (Lipinski definition) is 6. The van der Waals surface area contributed by atoms with E-state index in [-0.39, 0.29) is 0 Å². The Hall–Kier alpha value is -1.24. The second-order valence-electron chi connectivity index (χ2n) is 6.79. The van der Waals surface area contributed by atoms with Crippen molar-refractivity contribution >= 4 is 5.82 Å². The molecule has 0 unspecified atom stereocenters. The topological polar surface area (TPSA) is 53.5 Å². The van der Waals surface area contributed by atoms with Gasteiger partial charge in [0.2, 0.25) is 0 Å². The maximum atomic E-state index is 5.40. The van der Waals surface area contributed by atoms with Crippen molar-refractivity contribution in [2.45, 2.75) is 39.2 Å². The van der Waals surface area contributed by atoms with Crippen LogP contribution in [0.4, 0.5) is 5.82 Å². The van der Waals surface area contributed by atoms with E-state index in [1.54, 1.807) is 0 Å². The molecule has 1 aromatic heterocycles. The van der Waals surface area contributed by atoms with Crippen molar-refractivity contribution < 1.29 is 4.74 Å². The Labute approximate surface area is 145 Å². The van der Waals surface area contributed by atoms with Crippen LogP contribution in [0.25, 0.3) is 0 Å². The zero-order valence-corrected chi connectivity index (χ0v) is 15.1. The third-order valence-corrected chi connectivity index (χ3v) is 5.10. The lowest BCUT2D eigenvalue weighted by Crippen LogP contribution is -2.46. The lowest BCUT2D eigenvalue weighted by molar-refractivity contribution is 0.0380. The molecule has 6 nitrogen and oxygen atoms in total. The minimum atomic E-state index is 0.635. The Bertz CT molecular complexity index is 510. The molecule has 1 N–H and O–H groups in total. The summed E-state index contributed by atoms with van der Waals surface area (Å²) in [5.74, 6) is 2.02. The van der Waals surface area contributed by atoms with Crippen LogP contribution in [0.3, 0.4) is 0 Å². The van der Waals surface area contributed by atoms with E-state index < -0.39 is 0 Å². The van der Waals surface area contributed by atoms with Crippen LogP contribution in [0.1, 0.15) is 31.2 Å². The Kier molecular flexibility index (Phi) is 6.40. The number of ether oxygens (including phenoxy) is 1. The van der Waals surface area contributed by atoms with Gasteiger partial charge >= 0.3 is 0 Å². The average Bonchev–Trinajstić information content (AvgIpc) is 2.63. The maximum Gasteiger partial charge on any atom is 0.135 e. The van der Waals surface area contributed by atoms with E-state index in [1.807, 2.05) is 13.1 Å². The van der Waals surface area contributed by atoms with Crippen LogP contribution in [0.15, 0.2) is 6.20 Å². The van der Waals surface area contributed by atoms with Gasteiger partial charge in [0, 0.05) is 57.1 Å². The molecule has 0 amide bonds. The zero-order chi connectivity index (χ0) is 16.8. The molecule has 0 spiro atoms. The highest BCUT2D eigenvalue weighted by Gasteiger charge is 2.22. The van der Waals surface area contributed by atoms with Gasteiger partial charge in [-0.05, 0) is 26.2 Å².